The van der Waals surface area contributed by atoms with E-state index in [-0.39, 0.29) is 6.52 Å². The van der Waals surface area contributed by atoms with Crippen molar-refractivity contribution < 1.29 is 2.74 Å². The van der Waals surface area contributed by atoms with Crippen LogP contribution in [0.15, 0.2) is 0 Å². The zero-order chi connectivity index (χ0) is 6.15. The summed E-state index contributed by atoms with van der Waals surface area (Å²) in [5.41, 5.74) is 0. The summed E-state index contributed by atoms with van der Waals surface area (Å²) >= 11 is 5.32. The lowest BCUT2D eigenvalue weighted by Gasteiger charge is -1.87. The highest BCUT2D eigenvalue weighted by atomic mass is 35.5. The maximum Gasteiger partial charge on any atom is 0.0449 e. The minimum absolute atomic E-state index is 0.0680. The summed E-state index contributed by atoms with van der Waals surface area (Å²) in [6.45, 7) is 1.26. The van der Waals surface area contributed by atoms with Gasteiger partial charge in [0.15, 0.2) is 0 Å². The van der Waals surface area contributed by atoms with Gasteiger partial charge in [-0.15, -0.1) is 11.6 Å². The molecule has 0 saturated carbocycles. The number of hydrogen-bond donors (Lipinski definition) is 0. The number of nitrogens with zero attached hydrogens (tertiary/aromatic N) is 1. The van der Waals surface area contributed by atoms with Crippen LogP contribution in [0.1, 0.15) is 2.74 Å². The monoisotopic (exact) mass is 109 g/mol. The smallest absolute Gasteiger partial charge is 0.0449 e. The van der Waals surface area contributed by atoms with Crippen molar-refractivity contribution in [2.45, 2.75) is 0 Å². The van der Waals surface area contributed by atoms with E-state index >= 15 is 0 Å². The Morgan fingerprint density at radius 1 is 2.17 bits per heavy atom. The van der Waals surface area contributed by atoms with E-state index in [0.29, 0.717) is 6.54 Å². The Bertz CT molecular complexity index is 88.1. The standard InChI is InChI=1S/C4H8ClN/c5-1-2-6-3-4-6/h1-4H2/i1T,3T. The highest BCUT2D eigenvalue weighted by Crippen LogP contribution is 2.00. The van der Waals surface area contributed by atoms with Crippen molar-refractivity contribution in [3.05, 3.63) is 0 Å². The van der Waals surface area contributed by atoms with Gasteiger partial charge in [0.05, 0.1) is 0 Å². The van der Waals surface area contributed by atoms with Crippen molar-refractivity contribution in [2.24, 2.45) is 0 Å². The lowest BCUT2D eigenvalue weighted by molar-refractivity contribution is 0.598. The van der Waals surface area contributed by atoms with Crippen molar-refractivity contribution in [1.82, 2.24) is 4.90 Å². The molecule has 6 heavy (non-hydrogen) atoms. The second kappa shape index (κ2) is 1.80. The van der Waals surface area contributed by atoms with Gasteiger partial charge in [-0.25, -0.2) is 0 Å². The quantitative estimate of drug-likeness (QED) is 0.370. The van der Waals surface area contributed by atoms with Crippen molar-refractivity contribution in [3.63, 3.8) is 0 Å². The first-order chi connectivity index (χ1) is 3.70. The molecule has 0 bridgehead atoms. The van der Waals surface area contributed by atoms with Crippen LogP contribution >= 0.6 is 11.6 Å². The Labute approximate surface area is 45.7 Å². The van der Waals surface area contributed by atoms with Crippen LogP contribution in [0.2, 0.25) is 0 Å². The third kappa shape index (κ3) is 1.15. The first-order valence-corrected chi connectivity index (χ1v) is 2.36. The second-order valence-electron chi connectivity index (χ2n) is 1.29. The third-order valence-corrected chi connectivity index (χ3v) is 0.882. The third-order valence-electron chi connectivity index (χ3n) is 0.744. The molecule has 1 fully saturated rings. The lowest BCUT2D eigenvalue weighted by Crippen LogP contribution is -1.98. The zero-order valence-corrected chi connectivity index (χ0v) is 4.15. The SMILES string of the molecule is [3H]C(Cl)CN1CC1[3H]. The normalized spacial score (nSPS) is 52.8. The average Bonchev–Trinajstić information content (AvgIpc) is 2.17. The molecule has 0 spiro atoms. The van der Waals surface area contributed by atoms with Gasteiger partial charge in [0.1, 0.15) is 0 Å². The number of alkyl halides is 1. The minimum atomic E-state index is -0.551. The van der Waals surface area contributed by atoms with Crippen molar-refractivity contribution >= 4 is 11.6 Å². The molecule has 0 aromatic rings. The molecule has 3 atom stereocenters. The van der Waals surface area contributed by atoms with Crippen LogP contribution in [0, 0.1) is 0 Å². The Balaban J connectivity index is 2.05. The maximum atomic E-state index is 7.03. The van der Waals surface area contributed by atoms with Gasteiger partial charge in [0.2, 0.25) is 0 Å². The molecule has 2 heteroatoms. The van der Waals surface area contributed by atoms with Crippen LogP contribution < -0.4 is 0 Å². The van der Waals surface area contributed by atoms with Gasteiger partial charge in [0.25, 0.3) is 0 Å². The van der Waals surface area contributed by atoms with Gasteiger partial charge in [0, 0.05) is 28.2 Å². The van der Waals surface area contributed by atoms with Crippen molar-refractivity contribution in [1.29, 1.82) is 0 Å². The topological polar surface area (TPSA) is 3.01 Å². The maximum absolute atomic E-state index is 7.03. The molecular formula is C4H8ClN. The van der Waals surface area contributed by atoms with Gasteiger partial charge in [-0.3, -0.25) is 4.90 Å². The molecule has 0 amide bonds. The second-order valence-corrected chi connectivity index (χ2v) is 1.60. The summed E-state index contributed by atoms with van der Waals surface area (Å²) in [5, 5.41) is 0. The van der Waals surface area contributed by atoms with Crippen LogP contribution in [0.4, 0.5) is 0 Å². The highest BCUT2D eigenvalue weighted by molar-refractivity contribution is 6.18. The fourth-order valence-electron chi connectivity index (χ4n) is 0.295. The van der Waals surface area contributed by atoms with Gasteiger partial charge in [-0.2, -0.15) is 0 Å². The molecule has 1 aliphatic heterocycles. The molecule has 1 heterocycles. The first-order valence-electron chi connectivity index (χ1n) is 3.08. The predicted molar refractivity (Wildman–Crippen MR) is 27.2 cm³/mol. The zero-order valence-electron chi connectivity index (χ0n) is 5.39. The molecule has 0 aromatic heterocycles. The lowest BCUT2D eigenvalue weighted by atomic mass is 10.8. The fraction of sp³-hybridized carbons (Fsp3) is 1.00. The van der Waals surface area contributed by atoms with Crippen molar-refractivity contribution in [3.8, 4) is 0 Å². The van der Waals surface area contributed by atoms with E-state index in [1.54, 1.807) is 0 Å². The van der Waals surface area contributed by atoms with Crippen LogP contribution in [-0.4, -0.2) is 30.4 Å². The van der Waals surface area contributed by atoms with Crippen LogP contribution in [0.5, 0.6) is 0 Å². The summed E-state index contributed by atoms with van der Waals surface area (Å²) in [4.78, 5) is 1.84. The molecule has 3 unspecified atom stereocenters. The van der Waals surface area contributed by atoms with Crippen LogP contribution in [-0.2, 0) is 0 Å². The van der Waals surface area contributed by atoms with E-state index in [1.807, 2.05) is 4.90 Å². The van der Waals surface area contributed by atoms with Gasteiger partial charge >= 0.3 is 0 Å². The number of rotatable bonds is 2. The molecule has 0 aliphatic carbocycles. The van der Waals surface area contributed by atoms with E-state index < -0.39 is 5.86 Å². The summed E-state index contributed by atoms with van der Waals surface area (Å²) < 4.78 is 13.9. The minimum Gasteiger partial charge on any atom is -0.300 e. The molecule has 0 N–H and O–H groups in total. The van der Waals surface area contributed by atoms with Gasteiger partial charge in [-0.1, -0.05) is 0 Å². The summed E-state index contributed by atoms with van der Waals surface area (Å²) in [5.74, 6) is -0.551. The Morgan fingerprint density at radius 2 is 2.83 bits per heavy atom. The van der Waals surface area contributed by atoms with E-state index in [1.165, 1.54) is 0 Å². The first kappa shape index (κ1) is 2.53. The number of halogens is 1. The molecule has 1 nitrogen and oxygen atoms in total. The summed E-state index contributed by atoms with van der Waals surface area (Å²) in [6, 6.07) is 0. The molecule has 0 aromatic carbocycles. The molecular weight excluding hydrogens is 97.5 g/mol. The average molecular weight is 110 g/mol. The molecule has 1 saturated heterocycles. The Hall–Kier alpha value is 0.250. The largest absolute Gasteiger partial charge is 0.300 e. The Kier molecular flexibility index (Phi) is 0.761. The van der Waals surface area contributed by atoms with E-state index in [0.717, 1.165) is 6.54 Å². The molecule has 36 valence electrons. The summed E-state index contributed by atoms with van der Waals surface area (Å²) in [6.07, 6.45) is 0. The van der Waals surface area contributed by atoms with Gasteiger partial charge in [-0.05, 0) is 0 Å². The highest BCUT2D eigenvalue weighted by Gasteiger charge is 2.14. The molecule has 1 aliphatic rings. The van der Waals surface area contributed by atoms with E-state index in [4.69, 9.17) is 14.3 Å². The Morgan fingerprint density at radius 3 is 3.00 bits per heavy atom. The summed E-state index contributed by atoms with van der Waals surface area (Å²) in [7, 11) is 0. The van der Waals surface area contributed by atoms with Gasteiger partial charge < -0.3 is 0 Å². The van der Waals surface area contributed by atoms with Crippen LogP contribution in [0.25, 0.3) is 0 Å². The van der Waals surface area contributed by atoms with E-state index in [2.05, 4.69) is 0 Å². The van der Waals surface area contributed by atoms with Crippen molar-refractivity contribution in [2.75, 3.05) is 25.5 Å². The predicted octanol–water partition coefficient (Wildman–Crippen LogP) is 0.541. The van der Waals surface area contributed by atoms with Crippen LogP contribution in [0.3, 0.4) is 0 Å². The molecule has 1 rings (SSSR count). The van der Waals surface area contributed by atoms with E-state index in [9.17, 15) is 0 Å². The fourth-order valence-corrected chi connectivity index (χ4v) is 0.473. The molecule has 0 radical (unpaired) electrons. The number of hydrogen-bond acceptors (Lipinski definition) is 1.